The number of hydrogen-bond donors (Lipinski definition) is 0. The monoisotopic (exact) mass is 317 g/mol. The highest BCUT2D eigenvalue weighted by atomic mass is 16.5. The minimum atomic E-state index is -0.0787. The zero-order valence-electron chi connectivity index (χ0n) is 13.5. The van der Waals surface area contributed by atoms with E-state index in [2.05, 4.69) is 4.98 Å². The van der Waals surface area contributed by atoms with Gasteiger partial charge in [0.05, 0.1) is 6.61 Å². The summed E-state index contributed by atoms with van der Waals surface area (Å²) in [5, 5.41) is 0. The molecule has 2 fully saturated rings. The van der Waals surface area contributed by atoms with Crippen LogP contribution in [-0.4, -0.2) is 65.5 Å². The largest absolute Gasteiger partial charge is 0.383 e. The first-order chi connectivity index (χ1) is 11.2. The summed E-state index contributed by atoms with van der Waals surface area (Å²) in [6, 6.07) is 3.49. The molecule has 0 N–H and O–H groups in total. The first-order valence-electron chi connectivity index (χ1n) is 8.15. The van der Waals surface area contributed by atoms with Crippen molar-refractivity contribution in [3.8, 4) is 0 Å². The molecule has 2 aliphatic heterocycles. The third-order valence-corrected chi connectivity index (χ3v) is 5.11. The van der Waals surface area contributed by atoms with Crippen LogP contribution >= 0.6 is 0 Å². The van der Waals surface area contributed by atoms with E-state index in [4.69, 9.17) is 4.74 Å². The summed E-state index contributed by atoms with van der Waals surface area (Å²) in [6.07, 6.45) is 6.48. The van der Waals surface area contributed by atoms with E-state index in [-0.39, 0.29) is 17.4 Å². The molecule has 0 radical (unpaired) electrons. The smallest absolute Gasteiger partial charge is 0.253 e. The third-order valence-electron chi connectivity index (χ3n) is 5.11. The second kappa shape index (κ2) is 6.66. The Labute approximate surface area is 136 Å². The van der Waals surface area contributed by atoms with Crippen LogP contribution in [0.5, 0.6) is 0 Å². The first kappa shape index (κ1) is 15.9. The van der Waals surface area contributed by atoms with Crippen LogP contribution in [0.25, 0.3) is 0 Å². The van der Waals surface area contributed by atoms with Gasteiger partial charge in [-0.25, -0.2) is 0 Å². The Balaban J connectivity index is 1.65. The quantitative estimate of drug-likeness (QED) is 0.840. The number of piperidine rings is 1. The van der Waals surface area contributed by atoms with Crippen molar-refractivity contribution in [2.45, 2.75) is 31.2 Å². The molecule has 0 bridgehead atoms. The number of ether oxygens (including phenoxy) is 1. The number of carbonyl (C=O) groups is 2. The fourth-order valence-electron chi connectivity index (χ4n) is 3.74. The lowest BCUT2D eigenvalue weighted by Crippen LogP contribution is -2.54. The lowest BCUT2D eigenvalue weighted by Gasteiger charge is -2.45. The van der Waals surface area contributed by atoms with Crippen LogP contribution in [0.3, 0.4) is 0 Å². The van der Waals surface area contributed by atoms with Gasteiger partial charge < -0.3 is 14.5 Å². The SMILES string of the molecule is COCCN1C(=O)CCC12CCN(C(=O)c1ccncc1)CC2. The van der Waals surface area contributed by atoms with Crippen LogP contribution in [0.1, 0.15) is 36.0 Å². The van der Waals surface area contributed by atoms with Crippen molar-refractivity contribution in [3.05, 3.63) is 30.1 Å². The summed E-state index contributed by atoms with van der Waals surface area (Å²) in [6.45, 7) is 2.59. The van der Waals surface area contributed by atoms with Gasteiger partial charge in [0.25, 0.3) is 5.91 Å². The molecule has 3 heterocycles. The molecule has 0 saturated carbocycles. The lowest BCUT2D eigenvalue weighted by atomic mass is 9.84. The Bertz CT molecular complexity index is 568. The normalized spacial score (nSPS) is 20.3. The molecule has 0 atom stereocenters. The van der Waals surface area contributed by atoms with Gasteiger partial charge in [0.15, 0.2) is 0 Å². The molecule has 2 amide bonds. The summed E-state index contributed by atoms with van der Waals surface area (Å²) in [5.41, 5.74) is 0.597. The molecule has 2 saturated heterocycles. The Morgan fingerprint density at radius 3 is 2.61 bits per heavy atom. The van der Waals surface area contributed by atoms with Crippen LogP contribution in [-0.2, 0) is 9.53 Å². The Hall–Kier alpha value is -1.95. The van der Waals surface area contributed by atoms with Crippen LogP contribution < -0.4 is 0 Å². The van der Waals surface area contributed by atoms with Crippen molar-refractivity contribution in [3.63, 3.8) is 0 Å². The van der Waals surface area contributed by atoms with Crippen molar-refractivity contribution in [1.29, 1.82) is 0 Å². The Kier molecular flexibility index (Phi) is 4.61. The van der Waals surface area contributed by atoms with E-state index in [1.807, 2.05) is 9.80 Å². The number of likely N-dealkylation sites (tertiary alicyclic amines) is 2. The zero-order chi connectivity index (χ0) is 16.3. The maximum atomic E-state index is 12.5. The molecule has 0 aliphatic carbocycles. The number of amides is 2. The second-order valence-electron chi connectivity index (χ2n) is 6.29. The van der Waals surface area contributed by atoms with Crippen LogP contribution in [0.4, 0.5) is 0 Å². The average Bonchev–Trinajstić information content (AvgIpc) is 2.90. The average molecular weight is 317 g/mol. The van der Waals surface area contributed by atoms with E-state index >= 15 is 0 Å². The summed E-state index contributed by atoms with van der Waals surface area (Å²) in [7, 11) is 1.66. The molecule has 124 valence electrons. The number of methoxy groups -OCH3 is 1. The van der Waals surface area contributed by atoms with Crippen molar-refractivity contribution in [2.24, 2.45) is 0 Å². The molecular formula is C17H23N3O3. The van der Waals surface area contributed by atoms with Gasteiger partial charge in [-0.15, -0.1) is 0 Å². The molecule has 23 heavy (non-hydrogen) atoms. The third kappa shape index (κ3) is 3.08. The predicted octanol–water partition coefficient (Wildman–Crippen LogP) is 1.33. The molecule has 2 aliphatic rings. The van der Waals surface area contributed by atoms with Gasteiger partial charge in [-0.1, -0.05) is 0 Å². The summed E-state index contributed by atoms with van der Waals surface area (Å²) in [4.78, 5) is 32.5. The van der Waals surface area contributed by atoms with E-state index in [1.165, 1.54) is 0 Å². The molecule has 3 rings (SSSR count). The van der Waals surface area contributed by atoms with Crippen molar-refractivity contribution < 1.29 is 14.3 Å². The maximum absolute atomic E-state index is 12.5. The fourth-order valence-corrected chi connectivity index (χ4v) is 3.74. The van der Waals surface area contributed by atoms with Crippen LogP contribution in [0.2, 0.25) is 0 Å². The molecule has 0 unspecified atom stereocenters. The molecule has 6 nitrogen and oxygen atoms in total. The van der Waals surface area contributed by atoms with E-state index in [0.29, 0.717) is 38.2 Å². The molecule has 1 aromatic heterocycles. The van der Waals surface area contributed by atoms with Gasteiger partial charge in [-0.3, -0.25) is 14.6 Å². The first-order valence-corrected chi connectivity index (χ1v) is 8.15. The highest BCUT2D eigenvalue weighted by Crippen LogP contribution is 2.39. The minimum absolute atomic E-state index is 0.0509. The van der Waals surface area contributed by atoms with E-state index in [9.17, 15) is 9.59 Å². The molecule has 6 heteroatoms. The van der Waals surface area contributed by atoms with E-state index < -0.39 is 0 Å². The number of aromatic nitrogens is 1. The summed E-state index contributed by atoms with van der Waals surface area (Å²) >= 11 is 0. The number of hydrogen-bond acceptors (Lipinski definition) is 4. The number of nitrogens with zero attached hydrogens (tertiary/aromatic N) is 3. The van der Waals surface area contributed by atoms with Crippen molar-refractivity contribution in [2.75, 3.05) is 33.4 Å². The van der Waals surface area contributed by atoms with Crippen molar-refractivity contribution in [1.82, 2.24) is 14.8 Å². The molecule has 1 aromatic rings. The standard InChI is InChI=1S/C17H23N3O3/c1-23-13-12-20-15(21)2-5-17(20)6-10-19(11-7-17)16(22)14-3-8-18-9-4-14/h3-4,8-9H,2,5-7,10-13H2,1H3. The lowest BCUT2D eigenvalue weighted by molar-refractivity contribution is -0.133. The van der Waals surface area contributed by atoms with Gasteiger partial charge in [0.1, 0.15) is 0 Å². The van der Waals surface area contributed by atoms with Crippen molar-refractivity contribution >= 4 is 11.8 Å². The molecule has 0 aromatic carbocycles. The molecular weight excluding hydrogens is 294 g/mol. The van der Waals surface area contributed by atoms with Gasteiger partial charge in [0, 0.05) is 56.7 Å². The predicted molar refractivity (Wildman–Crippen MR) is 84.9 cm³/mol. The minimum Gasteiger partial charge on any atom is -0.383 e. The van der Waals surface area contributed by atoms with Gasteiger partial charge in [-0.2, -0.15) is 0 Å². The Morgan fingerprint density at radius 1 is 1.26 bits per heavy atom. The number of pyridine rings is 1. The van der Waals surface area contributed by atoms with Gasteiger partial charge >= 0.3 is 0 Å². The highest BCUT2D eigenvalue weighted by Gasteiger charge is 2.47. The molecule has 1 spiro atoms. The topological polar surface area (TPSA) is 62.7 Å². The number of carbonyl (C=O) groups excluding carboxylic acids is 2. The van der Waals surface area contributed by atoms with Crippen LogP contribution in [0.15, 0.2) is 24.5 Å². The second-order valence-corrected chi connectivity index (χ2v) is 6.29. The van der Waals surface area contributed by atoms with Crippen LogP contribution in [0, 0.1) is 0 Å². The van der Waals surface area contributed by atoms with E-state index in [0.717, 1.165) is 19.3 Å². The summed E-state index contributed by atoms with van der Waals surface area (Å²) < 4.78 is 5.14. The van der Waals surface area contributed by atoms with Gasteiger partial charge in [-0.05, 0) is 31.4 Å². The summed E-state index contributed by atoms with van der Waals surface area (Å²) in [5.74, 6) is 0.269. The fraction of sp³-hybridized carbons (Fsp3) is 0.588. The van der Waals surface area contributed by atoms with E-state index in [1.54, 1.807) is 31.6 Å². The highest BCUT2D eigenvalue weighted by molar-refractivity contribution is 5.94. The zero-order valence-corrected chi connectivity index (χ0v) is 13.5. The van der Waals surface area contributed by atoms with Gasteiger partial charge in [0.2, 0.25) is 5.91 Å². The maximum Gasteiger partial charge on any atom is 0.253 e. The Morgan fingerprint density at radius 2 is 1.96 bits per heavy atom. The number of rotatable bonds is 4.